The van der Waals surface area contributed by atoms with Crippen molar-refractivity contribution in [1.29, 1.82) is 5.26 Å². The molecule has 138 valence electrons. The second kappa shape index (κ2) is 8.06. The van der Waals surface area contributed by atoms with Gasteiger partial charge in [0.15, 0.2) is 5.65 Å². The third-order valence-electron chi connectivity index (χ3n) is 3.97. The lowest BCUT2D eigenvalue weighted by Crippen LogP contribution is -2.01. The van der Waals surface area contributed by atoms with Gasteiger partial charge in [0.05, 0.1) is 35.5 Å². The molecule has 6 nitrogen and oxygen atoms in total. The van der Waals surface area contributed by atoms with Crippen LogP contribution >= 0.6 is 11.8 Å². The Morgan fingerprint density at radius 1 is 1.07 bits per heavy atom. The molecule has 0 bridgehead atoms. The molecule has 0 atom stereocenters. The van der Waals surface area contributed by atoms with Crippen LogP contribution in [0.5, 0.6) is 5.75 Å². The number of aromatic nitrogens is 4. The van der Waals surface area contributed by atoms with Crippen molar-refractivity contribution in [3.63, 3.8) is 0 Å². The Hall–Kier alpha value is -3.44. The molecule has 4 aromatic rings. The monoisotopic (exact) mass is 391 g/mol. The summed E-state index contributed by atoms with van der Waals surface area (Å²) in [5.74, 6) is 1.11. The minimum absolute atomic E-state index is 0.298. The molecule has 0 aliphatic carbocycles. The van der Waals surface area contributed by atoms with Gasteiger partial charge in [0, 0.05) is 5.75 Å². The van der Waals surface area contributed by atoms with Crippen molar-refractivity contribution in [2.24, 2.45) is 0 Å². The average Bonchev–Trinajstić information content (AvgIpc) is 3.17. The van der Waals surface area contributed by atoms with Gasteiger partial charge in [0.2, 0.25) is 0 Å². The van der Waals surface area contributed by atoms with Crippen LogP contribution in [-0.4, -0.2) is 32.1 Å². The van der Waals surface area contributed by atoms with Crippen LogP contribution in [-0.2, 0) is 0 Å². The lowest BCUT2D eigenvalue weighted by Gasteiger charge is -2.06. The van der Waals surface area contributed by atoms with Crippen molar-refractivity contribution >= 4 is 22.8 Å². The molecule has 0 N–H and O–H groups in total. The van der Waals surface area contributed by atoms with E-state index in [4.69, 9.17) is 10.00 Å². The Balaban J connectivity index is 1.44. The molecule has 2 aromatic heterocycles. The number of ether oxygens (including phenoxy) is 1. The summed E-state index contributed by atoms with van der Waals surface area (Å²) in [6, 6.07) is 15.2. The molecule has 2 aromatic carbocycles. The maximum atomic E-state index is 13.2. The third-order valence-corrected chi connectivity index (χ3v) is 4.94. The van der Waals surface area contributed by atoms with Crippen LogP contribution in [0.2, 0.25) is 0 Å². The molecule has 0 aliphatic rings. The van der Waals surface area contributed by atoms with Gasteiger partial charge in [-0.25, -0.2) is 19.0 Å². The minimum Gasteiger partial charge on any atom is -0.493 e. The summed E-state index contributed by atoms with van der Waals surface area (Å²) < 4.78 is 20.5. The first-order chi connectivity index (χ1) is 13.7. The van der Waals surface area contributed by atoms with Gasteiger partial charge in [0.1, 0.15) is 22.9 Å². The highest BCUT2D eigenvalue weighted by Gasteiger charge is 2.11. The predicted octanol–water partition coefficient (Wildman–Crippen LogP) is 4.00. The fraction of sp³-hybridized carbons (Fsp3) is 0.100. The van der Waals surface area contributed by atoms with Crippen molar-refractivity contribution in [1.82, 2.24) is 19.7 Å². The number of halogens is 1. The molecule has 0 saturated carbocycles. The maximum Gasteiger partial charge on any atom is 0.167 e. The van der Waals surface area contributed by atoms with Crippen LogP contribution in [0.4, 0.5) is 4.39 Å². The zero-order valence-electron chi connectivity index (χ0n) is 14.6. The van der Waals surface area contributed by atoms with E-state index >= 15 is 0 Å². The molecule has 0 radical (unpaired) electrons. The number of nitrogens with zero attached hydrogens (tertiary/aromatic N) is 5. The lowest BCUT2D eigenvalue weighted by molar-refractivity contribution is 0.344. The maximum absolute atomic E-state index is 13.2. The zero-order chi connectivity index (χ0) is 19.3. The highest BCUT2D eigenvalue weighted by Crippen LogP contribution is 2.26. The molecular weight excluding hydrogens is 377 g/mol. The van der Waals surface area contributed by atoms with Gasteiger partial charge >= 0.3 is 0 Å². The van der Waals surface area contributed by atoms with Gasteiger partial charge in [-0.15, -0.1) is 11.8 Å². The van der Waals surface area contributed by atoms with E-state index < -0.39 is 0 Å². The van der Waals surface area contributed by atoms with E-state index in [0.29, 0.717) is 23.6 Å². The number of hydrogen-bond donors (Lipinski definition) is 0. The van der Waals surface area contributed by atoms with Crippen LogP contribution in [0.15, 0.2) is 66.1 Å². The lowest BCUT2D eigenvalue weighted by atomic mass is 10.2. The molecule has 0 aliphatic heterocycles. The highest BCUT2D eigenvalue weighted by molar-refractivity contribution is 7.99. The molecule has 2 heterocycles. The fourth-order valence-electron chi connectivity index (χ4n) is 2.63. The largest absolute Gasteiger partial charge is 0.493 e. The summed E-state index contributed by atoms with van der Waals surface area (Å²) in [5, 5.41) is 14.8. The summed E-state index contributed by atoms with van der Waals surface area (Å²) in [6.07, 6.45) is 3.20. The number of fused-ring (bicyclic) bond motifs is 1. The van der Waals surface area contributed by atoms with Crippen LogP contribution in [0, 0.1) is 17.1 Å². The van der Waals surface area contributed by atoms with Crippen molar-refractivity contribution in [3.8, 4) is 17.5 Å². The van der Waals surface area contributed by atoms with Crippen molar-refractivity contribution in [3.05, 3.63) is 72.4 Å². The van der Waals surface area contributed by atoms with Crippen molar-refractivity contribution in [2.45, 2.75) is 5.03 Å². The molecule has 4 rings (SSSR count). The SMILES string of the molecule is N#Cc1ccc(OCCSc2ncnc3c2cnn3-c2ccc(F)cc2)cc1. The summed E-state index contributed by atoms with van der Waals surface area (Å²) >= 11 is 1.55. The predicted molar refractivity (Wildman–Crippen MR) is 104 cm³/mol. The standard InChI is InChI=1S/C20H14FN5OS/c21-15-3-5-16(6-4-15)26-19-18(12-25-26)20(24-13-23-19)28-10-9-27-17-7-1-14(11-22)2-8-17/h1-8,12-13H,9-10H2. The Kier molecular flexibility index (Phi) is 5.17. The molecule has 0 unspecified atom stereocenters. The van der Waals surface area contributed by atoms with E-state index in [1.807, 2.05) is 0 Å². The molecule has 0 amide bonds. The van der Waals surface area contributed by atoms with Gasteiger partial charge in [-0.3, -0.25) is 0 Å². The highest BCUT2D eigenvalue weighted by atomic mass is 32.2. The number of benzene rings is 2. The van der Waals surface area contributed by atoms with Crippen LogP contribution < -0.4 is 4.74 Å². The number of nitriles is 1. The molecule has 8 heteroatoms. The quantitative estimate of drug-likeness (QED) is 0.281. The van der Waals surface area contributed by atoms with Gasteiger partial charge in [-0.05, 0) is 48.5 Å². The Morgan fingerprint density at radius 2 is 1.86 bits per heavy atom. The van der Waals surface area contributed by atoms with Gasteiger partial charge in [-0.1, -0.05) is 0 Å². The van der Waals surface area contributed by atoms with Crippen LogP contribution in [0.25, 0.3) is 16.7 Å². The molecule has 0 spiro atoms. The molecule has 0 fully saturated rings. The Labute approximate surface area is 164 Å². The molecule has 0 saturated heterocycles. The molecule has 28 heavy (non-hydrogen) atoms. The van der Waals surface area contributed by atoms with Crippen molar-refractivity contribution < 1.29 is 9.13 Å². The van der Waals surface area contributed by atoms with Crippen LogP contribution in [0.3, 0.4) is 0 Å². The van der Waals surface area contributed by atoms with E-state index in [1.165, 1.54) is 18.5 Å². The first-order valence-electron chi connectivity index (χ1n) is 8.45. The van der Waals surface area contributed by atoms with Crippen molar-refractivity contribution in [2.75, 3.05) is 12.4 Å². The van der Waals surface area contributed by atoms with Gasteiger partial charge < -0.3 is 4.74 Å². The smallest absolute Gasteiger partial charge is 0.167 e. The van der Waals surface area contributed by atoms with E-state index in [0.717, 1.165) is 21.8 Å². The summed E-state index contributed by atoms with van der Waals surface area (Å²) in [5.41, 5.74) is 2.00. The van der Waals surface area contributed by atoms with Gasteiger partial charge in [0.25, 0.3) is 0 Å². The Morgan fingerprint density at radius 3 is 2.61 bits per heavy atom. The summed E-state index contributed by atoms with van der Waals surface area (Å²) in [6.45, 7) is 0.494. The Bertz CT molecular complexity index is 1140. The number of thioether (sulfide) groups is 1. The third kappa shape index (κ3) is 3.80. The van der Waals surface area contributed by atoms with E-state index in [2.05, 4.69) is 21.1 Å². The van der Waals surface area contributed by atoms with Gasteiger partial charge in [-0.2, -0.15) is 10.4 Å². The van der Waals surface area contributed by atoms with Crippen LogP contribution in [0.1, 0.15) is 5.56 Å². The molecular formula is C20H14FN5OS. The normalized spacial score (nSPS) is 10.7. The fourth-order valence-corrected chi connectivity index (χ4v) is 3.41. The first-order valence-corrected chi connectivity index (χ1v) is 9.43. The number of hydrogen-bond acceptors (Lipinski definition) is 6. The zero-order valence-corrected chi connectivity index (χ0v) is 15.4. The first kappa shape index (κ1) is 17.9. The van der Waals surface area contributed by atoms with E-state index in [9.17, 15) is 4.39 Å². The minimum atomic E-state index is -0.298. The average molecular weight is 391 g/mol. The summed E-state index contributed by atoms with van der Waals surface area (Å²) in [7, 11) is 0. The number of rotatable bonds is 6. The van der Waals surface area contributed by atoms with E-state index in [-0.39, 0.29) is 5.82 Å². The second-order valence-corrected chi connectivity index (χ2v) is 6.87. The second-order valence-electron chi connectivity index (χ2n) is 5.78. The summed E-state index contributed by atoms with van der Waals surface area (Å²) in [4.78, 5) is 8.66. The van der Waals surface area contributed by atoms with E-state index in [1.54, 1.807) is 59.0 Å². The topological polar surface area (TPSA) is 76.6 Å².